The van der Waals surface area contributed by atoms with Gasteiger partial charge in [0.05, 0.1) is 35.9 Å². The third kappa shape index (κ3) is 5.47. The van der Waals surface area contributed by atoms with Gasteiger partial charge in [-0.3, -0.25) is 9.59 Å². The topological polar surface area (TPSA) is 149 Å². The highest BCUT2D eigenvalue weighted by molar-refractivity contribution is 6.20. The van der Waals surface area contributed by atoms with Gasteiger partial charge < -0.3 is 34.3 Å². The van der Waals surface area contributed by atoms with Crippen LogP contribution in [0, 0.1) is 5.92 Å². The van der Waals surface area contributed by atoms with Gasteiger partial charge in [-0.25, -0.2) is 4.79 Å². The normalized spacial score (nSPS) is 29.4. The van der Waals surface area contributed by atoms with Crippen LogP contribution in [0.2, 0.25) is 0 Å². The summed E-state index contributed by atoms with van der Waals surface area (Å²) in [5.74, 6) is -2.27. The van der Waals surface area contributed by atoms with Crippen LogP contribution in [0.15, 0.2) is 53.2 Å². The molecular weight excluding hydrogens is 640 g/mol. The average molecular weight is 691 g/mol. The summed E-state index contributed by atoms with van der Waals surface area (Å²) in [7, 11) is 1.27. The van der Waals surface area contributed by atoms with E-state index in [2.05, 4.69) is 6.58 Å². The molecule has 3 N–H and O–H groups in total. The Balaban J connectivity index is 1.76. The largest absolute Gasteiger partial charge is 0.506 e. The van der Waals surface area contributed by atoms with Gasteiger partial charge in [0.25, 0.3) is 0 Å². The predicted octanol–water partition coefficient (Wildman–Crippen LogP) is 6.05. The first-order valence-corrected chi connectivity index (χ1v) is 17.1. The lowest BCUT2D eigenvalue weighted by Crippen LogP contribution is -2.61. The van der Waals surface area contributed by atoms with E-state index in [1.165, 1.54) is 21.0 Å². The van der Waals surface area contributed by atoms with Crippen molar-refractivity contribution in [3.63, 3.8) is 0 Å². The van der Waals surface area contributed by atoms with Crippen LogP contribution in [-0.4, -0.2) is 74.1 Å². The van der Waals surface area contributed by atoms with E-state index in [-0.39, 0.29) is 53.0 Å². The van der Waals surface area contributed by atoms with E-state index < -0.39 is 57.6 Å². The number of aromatic hydroxyl groups is 1. The number of phenols is 1. The number of allylic oxidation sites excluding steroid dienone is 3. The monoisotopic (exact) mass is 690 g/mol. The third-order valence-electron chi connectivity index (χ3n) is 10.7. The molecule has 5 unspecified atom stereocenters. The molecule has 270 valence electrons. The first-order valence-electron chi connectivity index (χ1n) is 17.1. The van der Waals surface area contributed by atoms with Crippen molar-refractivity contribution in [2.24, 2.45) is 5.92 Å². The number of aliphatic hydroxyl groups is 2. The molecule has 5 rings (SSSR count). The lowest BCUT2D eigenvalue weighted by Gasteiger charge is -2.45. The van der Waals surface area contributed by atoms with E-state index in [0.717, 1.165) is 5.57 Å². The highest BCUT2D eigenvalue weighted by atomic mass is 16.6. The van der Waals surface area contributed by atoms with E-state index in [9.17, 15) is 29.7 Å². The number of carbonyl (C=O) groups excluding carboxylic acids is 3. The molecule has 1 saturated carbocycles. The molecule has 5 atom stereocenters. The van der Waals surface area contributed by atoms with Crippen molar-refractivity contribution in [3.05, 3.63) is 69.9 Å². The minimum Gasteiger partial charge on any atom is -0.506 e. The minimum absolute atomic E-state index is 0.0486. The quantitative estimate of drug-likeness (QED) is 0.159. The van der Waals surface area contributed by atoms with Gasteiger partial charge in [-0.15, -0.1) is 0 Å². The molecule has 1 spiro atoms. The Hall–Kier alpha value is -3.99. The van der Waals surface area contributed by atoms with Crippen LogP contribution in [0.3, 0.4) is 0 Å². The number of phenolic OH excluding ortho intramolecular Hbond substituents is 1. The third-order valence-corrected chi connectivity index (χ3v) is 10.7. The van der Waals surface area contributed by atoms with Crippen LogP contribution < -0.4 is 9.47 Å². The van der Waals surface area contributed by atoms with E-state index in [0.29, 0.717) is 23.3 Å². The van der Waals surface area contributed by atoms with Crippen LogP contribution in [0.5, 0.6) is 17.2 Å². The van der Waals surface area contributed by atoms with Crippen LogP contribution in [0.25, 0.3) is 6.08 Å². The molecule has 4 aliphatic rings. The van der Waals surface area contributed by atoms with Crippen molar-refractivity contribution in [2.75, 3.05) is 7.11 Å². The summed E-state index contributed by atoms with van der Waals surface area (Å²) in [6.07, 6.45) is 8.29. The zero-order valence-electron chi connectivity index (χ0n) is 30.8. The Morgan fingerprint density at radius 2 is 1.78 bits per heavy atom. The summed E-state index contributed by atoms with van der Waals surface area (Å²) in [4.78, 5) is 41.6. The van der Waals surface area contributed by atoms with Gasteiger partial charge in [0.2, 0.25) is 0 Å². The summed E-state index contributed by atoms with van der Waals surface area (Å²) in [5.41, 5.74) is -4.41. The van der Waals surface area contributed by atoms with E-state index >= 15 is 0 Å². The zero-order chi connectivity index (χ0) is 37.4. The molecule has 2 fully saturated rings. The maximum atomic E-state index is 14.9. The van der Waals surface area contributed by atoms with Crippen molar-refractivity contribution in [2.45, 2.75) is 122 Å². The first-order chi connectivity index (χ1) is 23.1. The SMILES string of the molecule is C=C1C(=O)C2(C/C=C(/C)C(=O)OC)OC(C)(C)C1C21Oc2c(CC=C(C)C)c3c(c(O)c2C(=O)/C1=C/C)C=CC(C)(CCC(O)C(C)(C)O)O3. The van der Waals surface area contributed by atoms with Gasteiger partial charge in [0.15, 0.2) is 22.8 Å². The fraction of sp³-hybridized carbons (Fsp3) is 0.525. The smallest absolute Gasteiger partial charge is 0.333 e. The highest BCUT2D eigenvalue weighted by Gasteiger charge is 2.82. The van der Waals surface area contributed by atoms with Crippen LogP contribution in [-0.2, 0) is 25.5 Å². The molecule has 0 aromatic heterocycles. The molecule has 0 radical (unpaired) electrons. The number of hydrogen-bond donors (Lipinski definition) is 3. The number of methoxy groups -OCH3 is 1. The van der Waals surface area contributed by atoms with Crippen LogP contribution in [0.4, 0.5) is 0 Å². The second kappa shape index (κ2) is 12.4. The van der Waals surface area contributed by atoms with Gasteiger partial charge in [-0.1, -0.05) is 30.4 Å². The standard InChI is InChI=1S/C40H50O10/c1-12-26-30(43)28-29(42)24-16-18-38(10,19-17-27(41)36(6,7)46)48-31(24)25(14-13-21(2)3)32(28)49-40(26)33-23(5)34(44)39(40,50-37(33,8)9)20-15-22(4)35(45)47-11/h12-13,15-16,18,27,33,41-42,46H,5,14,17,19-20H2,1-4,6-11H3/b22-15-,26-12-. The Kier molecular flexibility index (Phi) is 9.21. The number of ketones is 2. The predicted molar refractivity (Wildman–Crippen MR) is 188 cm³/mol. The number of benzene rings is 1. The van der Waals surface area contributed by atoms with Crippen molar-refractivity contribution in [1.29, 1.82) is 0 Å². The Morgan fingerprint density at radius 1 is 1.12 bits per heavy atom. The number of fused-ring (bicyclic) bond motifs is 2. The second-order valence-electron chi connectivity index (χ2n) is 15.5. The van der Waals surface area contributed by atoms with Crippen LogP contribution in [0.1, 0.15) is 103 Å². The summed E-state index contributed by atoms with van der Waals surface area (Å²) in [5, 5.41) is 32.8. The number of carbonyl (C=O) groups is 3. The number of hydrogen-bond acceptors (Lipinski definition) is 10. The molecular formula is C40H50O10. The van der Waals surface area contributed by atoms with Gasteiger partial charge in [-0.05, 0) is 93.7 Å². The van der Waals surface area contributed by atoms with Crippen molar-refractivity contribution in [1.82, 2.24) is 0 Å². The number of rotatable bonds is 9. The number of esters is 1. The maximum Gasteiger partial charge on any atom is 0.333 e. The maximum absolute atomic E-state index is 14.9. The minimum atomic E-state index is -1.79. The summed E-state index contributed by atoms with van der Waals surface area (Å²) in [6.45, 7) is 19.9. The van der Waals surface area contributed by atoms with Crippen molar-refractivity contribution >= 4 is 23.6 Å². The molecule has 0 amide bonds. The summed E-state index contributed by atoms with van der Waals surface area (Å²) >= 11 is 0. The fourth-order valence-electron chi connectivity index (χ4n) is 8.07. The molecule has 1 saturated heterocycles. The highest BCUT2D eigenvalue weighted by Crippen LogP contribution is 2.68. The lowest BCUT2D eigenvalue weighted by molar-refractivity contribution is -0.162. The van der Waals surface area contributed by atoms with Gasteiger partial charge in [-0.2, -0.15) is 0 Å². The number of ether oxygens (including phenoxy) is 4. The van der Waals surface area contributed by atoms with Gasteiger partial charge >= 0.3 is 5.97 Å². The van der Waals surface area contributed by atoms with Gasteiger partial charge in [0, 0.05) is 28.7 Å². The molecule has 1 aliphatic carbocycles. The van der Waals surface area contributed by atoms with Crippen molar-refractivity contribution in [3.8, 4) is 17.2 Å². The molecule has 10 heteroatoms. The Bertz CT molecular complexity index is 1800. The molecule has 1 aromatic carbocycles. The molecule has 3 aliphatic heterocycles. The zero-order valence-corrected chi connectivity index (χ0v) is 30.8. The fourth-order valence-corrected chi connectivity index (χ4v) is 8.07. The Morgan fingerprint density at radius 3 is 2.36 bits per heavy atom. The molecule has 2 bridgehead atoms. The van der Waals surface area contributed by atoms with E-state index in [1.807, 2.05) is 40.7 Å². The molecule has 3 heterocycles. The van der Waals surface area contributed by atoms with E-state index in [1.54, 1.807) is 38.2 Å². The van der Waals surface area contributed by atoms with Crippen molar-refractivity contribution < 1.29 is 48.7 Å². The lowest BCUT2D eigenvalue weighted by atomic mass is 9.67. The number of aliphatic hydroxyl groups excluding tert-OH is 1. The van der Waals surface area contributed by atoms with E-state index in [4.69, 9.17) is 18.9 Å². The average Bonchev–Trinajstić information content (AvgIpc) is 3.33. The van der Waals surface area contributed by atoms with Gasteiger partial charge in [0.1, 0.15) is 28.4 Å². The summed E-state index contributed by atoms with van der Waals surface area (Å²) in [6, 6.07) is 0. The second-order valence-corrected chi connectivity index (χ2v) is 15.5. The van der Waals surface area contributed by atoms with Crippen LogP contribution >= 0.6 is 0 Å². The molecule has 1 aromatic rings. The Labute approximate surface area is 294 Å². The number of Topliss-reactive ketones (excluding diaryl/α,β-unsaturated/α-hetero) is 2. The summed E-state index contributed by atoms with van der Waals surface area (Å²) < 4.78 is 25.4. The first kappa shape index (κ1) is 37.3. The molecule has 50 heavy (non-hydrogen) atoms. The molecule has 10 nitrogen and oxygen atoms in total.